The Hall–Kier alpha value is -2.57. The number of urea groups is 1. The lowest BCUT2D eigenvalue weighted by molar-refractivity contribution is -0.121. The molecule has 1 aromatic carbocycles. The zero-order valence-corrected chi connectivity index (χ0v) is 14.6. The van der Waals surface area contributed by atoms with Gasteiger partial charge in [-0.15, -0.1) is 0 Å². The lowest BCUT2D eigenvalue weighted by atomic mass is 9.95. The van der Waals surface area contributed by atoms with Gasteiger partial charge in [-0.25, -0.2) is 4.79 Å². The molecule has 1 aromatic rings. The standard InChI is InChI=1S/C18H26N4O3/c1-19-16(23)11-13-7-5-6-10-15(13)22-18(25)20-12-17(24)21-14-8-3-2-4-9-14/h5-7,10,14H,2-4,8-9,11-12H2,1H3,(H,19,23)(H,21,24)(H2,20,22,25). The quantitative estimate of drug-likeness (QED) is 0.629. The van der Waals surface area contributed by atoms with Crippen LogP contribution in [0.25, 0.3) is 0 Å². The third-order valence-corrected chi connectivity index (χ3v) is 4.28. The molecule has 0 aromatic heterocycles. The van der Waals surface area contributed by atoms with Crippen molar-refractivity contribution in [2.45, 2.75) is 44.6 Å². The van der Waals surface area contributed by atoms with Crippen molar-refractivity contribution in [2.24, 2.45) is 0 Å². The Bertz CT molecular complexity index is 612. The number of carbonyl (C=O) groups is 3. The molecule has 2 rings (SSSR count). The summed E-state index contributed by atoms with van der Waals surface area (Å²) in [5, 5.41) is 10.7. The minimum Gasteiger partial charge on any atom is -0.359 e. The van der Waals surface area contributed by atoms with Gasteiger partial charge in [0, 0.05) is 18.8 Å². The van der Waals surface area contributed by atoms with E-state index < -0.39 is 6.03 Å². The number of carbonyl (C=O) groups excluding carboxylic acids is 3. The first-order valence-electron chi connectivity index (χ1n) is 8.71. The molecule has 1 aliphatic carbocycles. The van der Waals surface area contributed by atoms with Crippen LogP contribution in [-0.2, 0) is 16.0 Å². The lowest BCUT2D eigenvalue weighted by Crippen LogP contribution is -2.43. The molecule has 4 amide bonds. The van der Waals surface area contributed by atoms with Crippen molar-refractivity contribution < 1.29 is 14.4 Å². The van der Waals surface area contributed by atoms with Crippen LogP contribution in [-0.4, -0.2) is 37.5 Å². The average Bonchev–Trinajstić information content (AvgIpc) is 2.62. The highest BCUT2D eigenvalue weighted by molar-refractivity contribution is 5.93. The number of hydrogen-bond donors (Lipinski definition) is 4. The van der Waals surface area contributed by atoms with Crippen LogP contribution in [0.2, 0.25) is 0 Å². The topological polar surface area (TPSA) is 99.3 Å². The maximum atomic E-state index is 12.0. The smallest absolute Gasteiger partial charge is 0.319 e. The van der Waals surface area contributed by atoms with E-state index in [9.17, 15) is 14.4 Å². The summed E-state index contributed by atoms with van der Waals surface area (Å²) < 4.78 is 0. The Balaban J connectivity index is 1.79. The Morgan fingerprint density at radius 2 is 1.76 bits per heavy atom. The van der Waals surface area contributed by atoms with Crippen LogP contribution >= 0.6 is 0 Å². The van der Waals surface area contributed by atoms with Crippen molar-refractivity contribution in [3.05, 3.63) is 29.8 Å². The van der Waals surface area contributed by atoms with Crippen LogP contribution in [0.1, 0.15) is 37.7 Å². The summed E-state index contributed by atoms with van der Waals surface area (Å²) in [5.41, 5.74) is 1.26. The largest absolute Gasteiger partial charge is 0.359 e. The summed E-state index contributed by atoms with van der Waals surface area (Å²) in [6, 6.07) is 6.83. The van der Waals surface area contributed by atoms with E-state index in [-0.39, 0.29) is 30.8 Å². The number of benzene rings is 1. The fourth-order valence-corrected chi connectivity index (χ4v) is 2.91. The van der Waals surface area contributed by atoms with Crippen molar-refractivity contribution >= 4 is 23.5 Å². The van der Waals surface area contributed by atoms with Gasteiger partial charge < -0.3 is 21.3 Å². The summed E-state index contributed by atoms with van der Waals surface area (Å²) in [4.78, 5) is 35.5. The Morgan fingerprint density at radius 1 is 1.04 bits per heavy atom. The molecule has 0 bridgehead atoms. The number of nitrogens with one attached hydrogen (secondary N) is 4. The van der Waals surface area contributed by atoms with Crippen molar-refractivity contribution in [2.75, 3.05) is 18.9 Å². The van der Waals surface area contributed by atoms with E-state index in [2.05, 4.69) is 21.3 Å². The van der Waals surface area contributed by atoms with E-state index in [0.717, 1.165) is 25.7 Å². The zero-order chi connectivity index (χ0) is 18.1. The normalized spacial score (nSPS) is 14.4. The molecule has 7 nitrogen and oxygen atoms in total. The molecule has 0 radical (unpaired) electrons. The molecule has 0 spiro atoms. The van der Waals surface area contributed by atoms with Crippen molar-refractivity contribution in [3.63, 3.8) is 0 Å². The van der Waals surface area contributed by atoms with Gasteiger partial charge in [-0.05, 0) is 24.5 Å². The van der Waals surface area contributed by atoms with E-state index in [1.54, 1.807) is 31.3 Å². The van der Waals surface area contributed by atoms with Crippen molar-refractivity contribution in [3.8, 4) is 0 Å². The molecule has 4 N–H and O–H groups in total. The minimum absolute atomic E-state index is 0.0695. The Morgan fingerprint density at radius 3 is 2.48 bits per heavy atom. The van der Waals surface area contributed by atoms with Gasteiger partial charge >= 0.3 is 6.03 Å². The molecule has 25 heavy (non-hydrogen) atoms. The molecule has 1 aliphatic rings. The van der Waals surface area contributed by atoms with E-state index >= 15 is 0 Å². The summed E-state index contributed by atoms with van der Waals surface area (Å²) in [7, 11) is 1.57. The predicted octanol–water partition coefficient (Wildman–Crippen LogP) is 1.55. The highest BCUT2D eigenvalue weighted by Crippen LogP contribution is 2.17. The number of rotatable bonds is 6. The molecule has 7 heteroatoms. The Kier molecular flexibility index (Phi) is 7.25. The highest BCUT2D eigenvalue weighted by atomic mass is 16.2. The molecule has 0 heterocycles. The molecule has 1 saturated carbocycles. The second-order valence-corrected chi connectivity index (χ2v) is 6.22. The predicted molar refractivity (Wildman–Crippen MR) is 96.2 cm³/mol. The van der Waals surface area contributed by atoms with Crippen LogP contribution in [0.3, 0.4) is 0 Å². The van der Waals surface area contributed by atoms with Crippen molar-refractivity contribution in [1.29, 1.82) is 0 Å². The van der Waals surface area contributed by atoms with E-state index in [1.165, 1.54) is 6.42 Å². The molecule has 0 atom stereocenters. The average molecular weight is 346 g/mol. The molecule has 136 valence electrons. The molecular formula is C18H26N4O3. The van der Waals surface area contributed by atoms with Gasteiger partial charge in [0.15, 0.2) is 0 Å². The van der Waals surface area contributed by atoms with Crippen LogP contribution < -0.4 is 21.3 Å². The van der Waals surface area contributed by atoms with Gasteiger partial charge in [0.05, 0.1) is 13.0 Å². The SMILES string of the molecule is CNC(=O)Cc1ccccc1NC(=O)NCC(=O)NC1CCCCC1. The van der Waals surface area contributed by atoms with Crippen LogP contribution in [0.15, 0.2) is 24.3 Å². The summed E-state index contributed by atoms with van der Waals surface area (Å²) in [6.07, 6.45) is 5.69. The van der Waals surface area contributed by atoms with Gasteiger partial charge in [0.2, 0.25) is 11.8 Å². The van der Waals surface area contributed by atoms with Gasteiger partial charge in [0.1, 0.15) is 0 Å². The van der Waals surface area contributed by atoms with Gasteiger partial charge in [-0.1, -0.05) is 37.5 Å². The first-order chi connectivity index (χ1) is 12.1. The molecular weight excluding hydrogens is 320 g/mol. The maximum Gasteiger partial charge on any atom is 0.319 e. The van der Waals surface area contributed by atoms with Crippen LogP contribution in [0, 0.1) is 0 Å². The highest BCUT2D eigenvalue weighted by Gasteiger charge is 2.16. The van der Waals surface area contributed by atoms with Crippen molar-refractivity contribution in [1.82, 2.24) is 16.0 Å². The summed E-state index contributed by atoms with van der Waals surface area (Å²) in [6.45, 7) is -0.0695. The van der Waals surface area contributed by atoms with E-state index in [1.807, 2.05) is 0 Å². The first-order valence-corrected chi connectivity index (χ1v) is 8.71. The second-order valence-electron chi connectivity index (χ2n) is 6.22. The molecule has 0 unspecified atom stereocenters. The zero-order valence-electron chi connectivity index (χ0n) is 14.6. The first kappa shape index (κ1) is 18.8. The minimum atomic E-state index is -0.469. The number of para-hydroxylation sites is 1. The third-order valence-electron chi connectivity index (χ3n) is 4.28. The van der Waals surface area contributed by atoms with Crippen LogP contribution in [0.5, 0.6) is 0 Å². The summed E-state index contributed by atoms with van der Waals surface area (Å²) in [5.74, 6) is -0.317. The van der Waals surface area contributed by atoms with E-state index in [4.69, 9.17) is 0 Å². The fraction of sp³-hybridized carbons (Fsp3) is 0.500. The van der Waals surface area contributed by atoms with Gasteiger partial charge in [-0.2, -0.15) is 0 Å². The number of likely N-dealkylation sites (N-methyl/N-ethyl adjacent to an activating group) is 1. The molecule has 0 saturated heterocycles. The lowest BCUT2D eigenvalue weighted by Gasteiger charge is -2.22. The van der Waals surface area contributed by atoms with Gasteiger partial charge in [0.25, 0.3) is 0 Å². The fourth-order valence-electron chi connectivity index (χ4n) is 2.91. The Labute approximate surface area is 147 Å². The van der Waals surface area contributed by atoms with Gasteiger partial charge in [-0.3, -0.25) is 9.59 Å². The summed E-state index contributed by atoms with van der Waals surface area (Å²) >= 11 is 0. The van der Waals surface area contributed by atoms with E-state index in [0.29, 0.717) is 11.3 Å². The third kappa shape index (κ3) is 6.45. The number of amides is 4. The van der Waals surface area contributed by atoms with Crippen LogP contribution in [0.4, 0.5) is 10.5 Å². The second kappa shape index (κ2) is 9.66. The molecule has 0 aliphatic heterocycles. The number of anilines is 1. The monoisotopic (exact) mass is 346 g/mol. The maximum absolute atomic E-state index is 12.0. The molecule has 1 fully saturated rings. The number of hydrogen-bond acceptors (Lipinski definition) is 3.